The van der Waals surface area contributed by atoms with Gasteiger partial charge in [0.15, 0.2) is 0 Å². The van der Waals surface area contributed by atoms with E-state index in [4.69, 9.17) is 0 Å². The van der Waals surface area contributed by atoms with Crippen LogP contribution in [0.3, 0.4) is 0 Å². The summed E-state index contributed by atoms with van der Waals surface area (Å²) in [4.78, 5) is 16.3. The lowest BCUT2D eigenvalue weighted by Gasteiger charge is -2.06. The number of thiazole rings is 1. The predicted molar refractivity (Wildman–Crippen MR) is 95.0 cm³/mol. The Balaban J connectivity index is 1.58. The predicted octanol–water partition coefficient (Wildman–Crippen LogP) is 4.94. The van der Waals surface area contributed by atoms with Crippen molar-refractivity contribution in [2.24, 2.45) is 0 Å². The third kappa shape index (κ3) is 4.71. The monoisotopic (exact) mass is 394 g/mol. The lowest BCUT2D eigenvalue weighted by molar-refractivity contribution is -0.137. The Morgan fingerprint density at radius 2 is 1.78 bits per heavy atom. The summed E-state index contributed by atoms with van der Waals surface area (Å²) in [6.45, 7) is 0.267. The number of alkyl halides is 3. The molecule has 0 saturated carbocycles. The van der Waals surface area contributed by atoms with Gasteiger partial charge in [-0.3, -0.25) is 4.79 Å². The number of carbonyl (C=O) groups excluding carboxylic acids is 1. The van der Waals surface area contributed by atoms with Gasteiger partial charge >= 0.3 is 6.18 Å². The summed E-state index contributed by atoms with van der Waals surface area (Å²) in [5.74, 6) is -1.10. The number of nitrogens with zero attached hydrogens (tertiary/aromatic N) is 1. The van der Waals surface area contributed by atoms with E-state index in [1.54, 1.807) is 11.4 Å². The van der Waals surface area contributed by atoms with E-state index in [0.717, 1.165) is 12.1 Å². The molecule has 3 rings (SSSR count). The second-order valence-corrected chi connectivity index (χ2v) is 6.56. The summed E-state index contributed by atoms with van der Waals surface area (Å²) in [5, 5.41) is 5.00. The van der Waals surface area contributed by atoms with E-state index in [-0.39, 0.29) is 12.1 Å². The van der Waals surface area contributed by atoms with Gasteiger partial charge in [0.2, 0.25) is 0 Å². The number of benzene rings is 2. The molecule has 1 N–H and O–H groups in total. The molecule has 0 aliphatic heterocycles. The van der Waals surface area contributed by atoms with E-state index in [9.17, 15) is 22.4 Å². The number of aromatic nitrogens is 1. The van der Waals surface area contributed by atoms with Gasteiger partial charge in [-0.2, -0.15) is 13.2 Å². The highest BCUT2D eigenvalue weighted by atomic mass is 32.1. The molecule has 0 aliphatic carbocycles. The fourth-order valence-electron chi connectivity index (χ4n) is 2.40. The smallest absolute Gasteiger partial charge is 0.352 e. The van der Waals surface area contributed by atoms with Crippen molar-refractivity contribution in [2.75, 3.05) is 6.54 Å². The highest BCUT2D eigenvalue weighted by Crippen LogP contribution is 2.31. The van der Waals surface area contributed by atoms with E-state index in [2.05, 4.69) is 10.3 Å². The van der Waals surface area contributed by atoms with E-state index in [1.165, 1.54) is 41.7 Å². The van der Waals surface area contributed by atoms with Gasteiger partial charge in [0.1, 0.15) is 10.8 Å². The molecule has 0 unspecified atom stereocenters. The van der Waals surface area contributed by atoms with Crippen LogP contribution in [0.5, 0.6) is 0 Å². The molecular formula is C19H14F4N2OS. The van der Waals surface area contributed by atoms with Crippen LogP contribution in [0.15, 0.2) is 53.9 Å². The standard InChI is InChI=1S/C19H14F4N2OS/c20-16-4-2-1-3-15(16)17(26)24-10-9-14-11-27-18(25-14)12-5-7-13(8-6-12)19(21,22)23/h1-8,11H,9-10H2,(H,24,26). The van der Waals surface area contributed by atoms with Crippen molar-refractivity contribution < 1.29 is 22.4 Å². The summed E-state index contributed by atoms with van der Waals surface area (Å²) in [5.41, 5.74) is 0.554. The first-order valence-electron chi connectivity index (χ1n) is 7.99. The molecule has 0 radical (unpaired) electrons. The first-order valence-corrected chi connectivity index (χ1v) is 8.87. The van der Waals surface area contributed by atoms with Gasteiger partial charge < -0.3 is 5.32 Å². The van der Waals surface area contributed by atoms with Crippen molar-refractivity contribution in [3.05, 3.63) is 76.5 Å². The third-order valence-corrected chi connectivity index (χ3v) is 4.74. The number of carbonyl (C=O) groups is 1. The second-order valence-electron chi connectivity index (χ2n) is 5.70. The molecule has 0 fully saturated rings. The SMILES string of the molecule is O=C(NCCc1csc(-c2ccc(C(F)(F)F)cc2)n1)c1ccccc1F. The van der Waals surface area contributed by atoms with Crippen molar-refractivity contribution in [3.63, 3.8) is 0 Å². The largest absolute Gasteiger partial charge is 0.416 e. The van der Waals surface area contributed by atoms with Crippen LogP contribution in [-0.4, -0.2) is 17.4 Å². The molecule has 2 aromatic carbocycles. The van der Waals surface area contributed by atoms with Crippen molar-refractivity contribution in [3.8, 4) is 10.6 Å². The Morgan fingerprint density at radius 1 is 1.07 bits per heavy atom. The highest BCUT2D eigenvalue weighted by molar-refractivity contribution is 7.13. The average molecular weight is 394 g/mol. The maximum absolute atomic E-state index is 13.5. The van der Waals surface area contributed by atoms with Gasteiger partial charge in [-0.25, -0.2) is 9.37 Å². The first kappa shape index (κ1) is 19.0. The van der Waals surface area contributed by atoms with Gasteiger partial charge in [-0.05, 0) is 24.3 Å². The Bertz CT molecular complexity index is 935. The van der Waals surface area contributed by atoms with E-state index in [0.29, 0.717) is 22.7 Å². The molecule has 1 amide bonds. The Hall–Kier alpha value is -2.74. The van der Waals surface area contributed by atoms with Crippen molar-refractivity contribution in [1.82, 2.24) is 10.3 Å². The van der Waals surface area contributed by atoms with Crippen LogP contribution in [0.2, 0.25) is 0 Å². The van der Waals surface area contributed by atoms with Crippen molar-refractivity contribution in [1.29, 1.82) is 0 Å². The normalized spacial score (nSPS) is 11.4. The Kier molecular flexibility index (Phi) is 5.55. The zero-order chi connectivity index (χ0) is 19.4. The van der Waals surface area contributed by atoms with Crippen LogP contribution in [0.25, 0.3) is 10.6 Å². The number of nitrogens with one attached hydrogen (secondary N) is 1. The van der Waals surface area contributed by atoms with E-state index < -0.39 is 23.5 Å². The Labute approximate surface area is 156 Å². The number of amides is 1. The lowest BCUT2D eigenvalue weighted by atomic mass is 10.1. The molecule has 0 atom stereocenters. The maximum atomic E-state index is 13.5. The number of hydrogen-bond acceptors (Lipinski definition) is 3. The van der Waals surface area contributed by atoms with Crippen LogP contribution in [-0.2, 0) is 12.6 Å². The molecule has 0 spiro atoms. The molecular weight excluding hydrogens is 380 g/mol. The molecule has 1 heterocycles. The van der Waals surface area contributed by atoms with Crippen LogP contribution in [0.4, 0.5) is 17.6 Å². The fraction of sp³-hybridized carbons (Fsp3) is 0.158. The molecule has 3 nitrogen and oxygen atoms in total. The van der Waals surface area contributed by atoms with Crippen molar-refractivity contribution >= 4 is 17.2 Å². The number of rotatable bonds is 5. The molecule has 27 heavy (non-hydrogen) atoms. The topological polar surface area (TPSA) is 42.0 Å². The quantitative estimate of drug-likeness (QED) is 0.623. The molecule has 140 valence electrons. The minimum absolute atomic E-state index is 0.0266. The minimum Gasteiger partial charge on any atom is -0.352 e. The van der Waals surface area contributed by atoms with Crippen LogP contribution in [0, 0.1) is 5.82 Å². The van der Waals surface area contributed by atoms with Gasteiger partial charge in [0.25, 0.3) is 5.91 Å². The van der Waals surface area contributed by atoms with E-state index >= 15 is 0 Å². The molecule has 8 heteroatoms. The summed E-state index contributed by atoms with van der Waals surface area (Å²) < 4.78 is 51.4. The zero-order valence-electron chi connectivity index (χ0n) is 13.9. The number of halogens is 4. The van der Waals surface area contributed by atoms with Crippen LogP contribution in [0.1, 0.15) is 21.6 Å². The summed E-state index contributed by atoms with van der Waals surface area (Å²) >= 11 is 1.31. The molecule has 1 aromatic heterocycles. The van der Waals surface area contributed by atoms with E-state index in [1.807, 2.05) is 0 Å². The summed E-state index contributed by atoms with van der Waals surface area (Å²) in [7, 11) is 0. The first-order chi connectivity index (χ1) is 12.8. The molecule has 0 aliphatic rings. The van der Waals surface area contributed by atoms with Gasteiger partial charge in [0.05, 0.1) is 16.8 Å². The van der Waals surface area contributed by atoms with Gasteiger partial charge in [0, 0.05) is 23.9 Å². The molecule has 0 bridgehead atoms. The minimum atomic E-state index is -4.37. The highest BCUT2D eigenvalue weighted by Gasteiger charge is 2.30. The van der Waals surface area contributed by atoms with Crippen LogP contribution < -0.4 is 5.32 Å². The zero-order valence-corrected chi connectivity index (χ0v) is 14.7. The van der Waals surface area contributed by atoms with Gasteiger partial charge in [-0.1, -0.05) is 24.3 Å². The third-order valence-electron chi connectivity index (χ3n) is 3.80. The average Bonchev–Trinajstić information content (AvgIpc) is 3.10. The Morgan fingerprint density at radius 3 is 2.44 bits per heavy atom. The fourth-order valence-corrected chi connectivity index (χ4v) is 3.26. The van der Waals surface area contributed by atoms with Crippen molar-refractivity contribution in [2.45, 2.75) is 12.6 Å². The lowest BCUT2D eigenvalue weighted by Crippen LogP contribution is -2.26. The maximum Gasteiger partial charge on any atom is 0.416 e. The second kappa shape index (κ2) is 7.87. The molecule has 0 saturated heterocycles. The van der Waals surface area contributed by atoms with Crippen LogP contribution >= 0.6 is 11.3 Å². The van der Waals surface area contributed by atoms with Gasteiger partial charge in [-0.15, -0.1) is 11.3 Å². The molecule has 3 aromatic rings. The summed E-state index contributed by atoms with van der Waals surface area (Å²) in [6.07, 6.45) is -3.94. The summed E-state index contributed by atoms with van der Waals surface area (Å²) in [6, 6.07) is 10.5. The number of hydrogen-bond donors (Lipinski definition) is 1.